The van der Waals surface area contributed by atoms with Gasteiger partial charge in [0.15, 0.2) is 0 Å². The second-order valence-corrected chi connectivity index (χ2v) is 6.68. The summed E-state index contributed by atoms with van der Waals surface area (Å²) in [7, 11) is 0. The van der Waals surface area contributed by atoms with Crippen LogP contribution in [0.5, 0.6) is 0 Å². The van der Waals surface area contributed by atoms with Gasteiger partial charge in [-0.1, -0.05) is 48.0 Å². The molecule has 1 aromatic heterocycles. The van der Waals surface area contributed by atoms with Gasteiger partial charge in [0, 0.05) is 29.8 Å². The smallest absolute Gasteiger partial charge is 0.271 e. The zero-order valence-electron chi connectivity index (χ0n) is 15.8. The zero-order chi connectivity index (χ0) is 20.2. The number of aromatic nitrogens is 2. The molecule has 0 unspecified atom stereocenters. The summed E-state index contributed by atoms with van der Waals surface area (Å²) in [4.78, 5) is 19.7. The molecule has 1 heterocycles. The molecule has 4 aromatic rings. The Kier molecular flexibility index (Phi) is 5.03. The van der Waals surface area contributed by atoms with E-state index in [-0.39, 0.29) is 5.69 Å². The Hall–Kier alpha value is -4.00. The molecule has 0 spiro atoms. The van der Waals surface area contributed by atoms with Crippen molar-refractivity contribution >= 4 is 34.0 Å². The lowest BCUT2D eigenvalue weighted by Gasteiger charge is -2.12. The second kappa shape index (κ2) is 7.93. The van der Waals surface area contributed by atoms with Gasteiger partial charge in [-0.2, -0.15) is 4.98 Å². The van der Waals surface area contributed by atoms with Crippen molar-refractivity contribution in [3.8, 4) is 0 Å². The Balaban J connectivity index is 1.64. The van der Waals surface area contributed by atoms with Crippen LogP contribution in [0.15, 0.2) is 72.8 Å². The van der Waals surface area contributed by atoms with Gasteiger partial charge in [-0.3, -0.25) is 10.1 Å². The molecule has 0 aliphatic heterocycles. The Morgan fingerprint density at radius 2 is 1.76 bits per heavy atom. The number of para-hydroxylation sites is 1. The molecular formula is C22H19N5O2. The summed E-state index contributed by atoms with van der Waals surface area (Å²) in [5.41, 5.74) is 3.70. The lowest BCUT2D eigenvalue weighted by molar-refractivity contribution is -0.384. The van der Waals surface area contributed by atoms with E-state index in [4.69, 9.17) is 0 Å². The summed E-state index contributed by atoms with van der Waals surface area (Å²) in [6.07, 6.45) is 0. The number of fused-ring (bicyclic) bond motifs is 1. The van der Waals surface area contributed by atoms with Gasteiger partial charge in [0.05, 0.1) is 10.4 Å². The number of nitro groups is 1. The van der Waals surface area contributed by atoms with Gasteiger partial charge in [0.25, 0.3) is 5.69 Å². The van der Waals surface area contributed by atoms with Gasteiger partial charge in [-0.25, -0.2) is 4.98 Å². The van der Waals surface area contributed by atoms with E-state index in [2.05, 4.69) is 51.8 Å². The molecule has 0 fully saturated rings. The molecule has 0 bridgehead atoms. The quantitative estimate of drug-likeness (QED) is 0.350. The van der Waals surface area contributed by atoms with Gasteiger partial charge in [-0.05, 0) is 30.7 Å². The molecule has 0 saturated heterocycles. The average Bonchev–Trinajstić information content (AvgIpc) is 2.73. The van der Waals surface area contributed by atoms with Crippen LogP contribution in [-0.4, -0.2) is 14.9 Å². The van der Waals surface area contributed by atoms with E-state index in [1.165, 1.54) is 17.7 Å². The topological polar surface area (TPSA) is 93.0 Å². The van der Waals surface area contributed by atoms with E-state index in [9.17, 15) is 10.1 Å². The predicted molar refractivity (Wildman–Crippen MR) is 114 cm³/mol. The number of aryl methyl sites for hydroxylation is 1. The normalized spacial score (nSPS) is 10.7. The second-order valence-electron chi connectivity index (χ2n) is 6.68. The first-order chi connectivity index (χ1) is 14.1. The highest BCUT2D eigenvalue weighted by Gasteiger charge is 2.10. The number of anilines is 3. The van der Waals surface area contributed by atoms with Crippen molar-refractivity contribution in [3.05, 3.63) is 94.0 Å². The summed E-state index contributed by atoms with van der Waals surface area (Å²) in [6, 6.07) is 22.3. The van der Waals surface area contributed by atoms with Gasteiger partial charge in [-0.15, -0.1) is 0 Å². The van der Waals surface area contributed by atoms with Crippen LogP contribution in [0, 0.1) is 17.0 Å². The highest BCUT2D eigenvalue weighted by Crippen LogP contribution is 2.25. The van der Waals surface area contributed by atoms with E-state index >= 15 is 0 Å². The van der Waals surface area contributed by atoms with Crippen molar-refractivity contribution in [2.45, 2.75) is 13.5 Å². The average molecular weight is 385 g/mol. The van der Waals surface area contributed by atoms with Gasteiger partial charge < -0.3 is 10.6 Å². The molecule has 29 heavy (non-hydrogen) atoms. The van der Waals surface area contributed by atoms with E-state index in [1.54, 1.807) is 12.1 Å². The number of non-ortho nitro benzene ring substituents is 1. The fourth-order valence-corrected chi connectivity index (χ4v) is 2.99. The van der Waals surface area contributed by atoms with Crippen molar-refractivity contribution in [2.75, 3.05) is 10.6 Å². The molecule has 7 nitrogen and oxygen atoms in total. The Morgan fingerprint density at radius 1 is 0.966 bits per heavy atom. The fourth-order valence-electron chi connectivity index (χ4n) is 2.99. The first-order valence-corrected chi connectivity index (χ1v) is 9.16. The summed E-state index contributed by atoms with van der Waals surface area (Å²) in [6.45, 7) is 2.68. The fraction of sp³-hybridized carbons (Fsp3) is 0.0909. The number of nitrogens with one attached hydrogen (secondary N) is 2. The molecule has 0 aliphatic rings. The van der Waals surface area contributed by atoms with Crippen LogP contribution >= 0.6 is 0 Å². The minimum atomic E-state index is -0.430. The predicted octanol–water partition coefficient (Wildman–Crippen LogP) is 5.20. The van der Waals surface area contributed by atoms with Gasteiger partial charge in [0.1, 0.15) is 5.82 Å². The van der Waals surface area contributed by atoms with Crippen LogP contribution in [0.3, 0.4) is 0 Å². The lowest BCUT2D eigenvalue weighted by atomic mass is 10.1. The molecule has 0 radical (unpaired) electrons. The van der Waals surface area contributed by atoms with E-state index < -0.39 is 4.92 Å². The van der Waals surface area contributed by atoms with Crippen molar-refractivity contribution in [3.63, 3.8) is 0 Å². The van der Waals surface area contributed by atoms with Crippen LogP contribution in [0.25, 0.3) is 10.9 Å². The highest BCUT2D eigenvalue weighted by atomic mass is 16.6. The van der Waals surface area contributed by atoms with E-state index in [0.29, 0.717) is 24.0 Å². The van der Waals surface area contributed by atoms with Crippen molar-refractivity contribution in [2.24, 2.45) is 0 Å². The molecule has 0 atom stereocenters. The SMILES string of the molecule is Cc1ccc(CNc2nc(Nc3cccc([N+](=O)[O-])c3)nc3ccccc23)cc1. The van der Waals surface area contributed by atoms with Crippen LogP contribution in [0.1, 0.15) is 11.1 Å². The molecule has 3 aromatic carbocycles. The first kappa shape index (κ1) is 18.4. The number of nitrogens with zero attached hydrogens (tertiary/aromatic N) is 3. The van der Waals surface area contributed by atoms with Crippen molar-refractivity contribution < 1.29 is 4.92 Å². The van der Waals surface area contributed by atoms with Crippen LogP contribution in [-0.2, 0) is 6.54 Å². The van der Waals surface area contributed by atoms with Crippen molar-refractivity contribution in [1.82, 2.24) is 9.97 Å². The molecule has 0 saturated carbocycles. The van der Waals surface area contributed by atoms with E-state index in [0.717, 1.165) is 16.5 Å². The molecular weight excluding hydrogens is 366 g/mol. The number of benzene rings is 3. The number of nitro benzene ring substituents is 1. The first-order valence-electron chi connectivity index (χ1n) is 9.16. The Bertz CT molecular complexity index is 1180. The number of hydrogen-bond donors (Lipinski definition) is 2. The third-order valence-corrected chi connectivity index (χ3v) is 4.50. The van der Waals surface area contributed by atoms with Gasteiger partial charge in [0.2, 0.25) is 5.95 Å². The summed E-state index contributed by atoms with van der Waals surface area (Å²) in [5.74, 6) is 1.07. The van der Waals surface area contributed by atoms with Crippen LogP contribution in [0.4, 0.5) is 23.1 Å². The van der Waals surface area contributed by atoms with Crippen LogP contribution < -0.4 is 10.6 Å². The molecule has 144 valence electrons. The standard InChI is InChI=1S/C22H19N5O2/c1-15-9-11-16(12-10-15)14-23-21-19-7-2-3-8-20(19)25-22(26-21)24-17-5-4-6-18(13-17)27(28)29/h2-13H,14H2,1H3,(H2,23,24,25,26). The molecule has 4 rings (SSSR count). The Morgan fingerprint density at radius 3 is 2.55 bits per heavy atom. The summed E-state index contributed by atoms with van der Waals surface area (Å²) >= 11 is 0. The molecule has 0 amide bonds. The Labute approximate surface area is 167 Å². The summed E-state index contributed by atoms with van der Waals surface area (Å²) < 4.78 is 0. The lowest BCUT2D eigenvalue weighted by Crippen LogP contribution is -2.06. The maximum atomic E-state index is 11.0. The summed E-state index contributed by atoms with van der Waals surface area (Å²) in [5, 5.41) is 18.4. The van der Waals surface area contributed by atoms with E-state index in [1.807, 2.05) is 24.3 Å². The zero-order valence-corrected chi connectivity index (χ0v) is 15.8. The van der Waals surface area contributed by atoms with Crippen molar-refractivity contribution in [1.29, 1.82) is 0 Å². The maximum Gasteiger partial charge on any atom is 0.271 e. The third-order valence-electron chi connectivity index (χ3n) is 4.50. The monoisotopic (exact) mass is 385 g/mol. The van der Waals surface area contributed by atoms with Crippen LogP contribution in [0.2, 0.25) is 0 Å². The highest BCUT2D eigenvalue weighted by molar-refractivity contribution is 5.90. The number of rotatable bonds is 6. The molecule has 2 N–H and O–H groups in total. The molecule has 7 heteroatoms. The third kappa shape index (κ3) is 4.30. The molecule has 0 aliphatic carbocycles. The minimum Gasteiger partial charge on any atom is -0.365 e. The largest absolute Gasteiger partial charge is 0.365 e. The minimum absolute atomic E-state index is 0.00788. The van der Waals surface area contributed by atoms with Gasteiger partial charge >= 0.3 is 0 Å². The number of hydrogen-bond acceptors (Lipinski definition) is 6. The maximum absolute atomic E-state index is 11.0.